The lowest BCUT2D eigenvalue weighted by Crippen LogP contribution is -2.50. The maximum absolute atomic E-state index is 12.3. The zero-order chi connectivity index (χ0) is 21.4. The van der Waals surface area contributed by atoms with Crippen LogP contribution in [0, 0.1) is 17.2 Å². The van der Waals surface area contributed by atoms with Crippen molar-refractivity contribution in [3.05, 3.63) is 23.8 Å². The van der Waals surface area contributed by atoms with Gasteiger partial charge in [0.05, 0.1) is 25.7 Å². The van der Waals surface area contributed by atoms with Gasteiger partial charge >= 0.3 is 5.97 Å². The summed E-state index contributed by atoms with van der Waals surface area (Å²) in [7, 11) is 0. The molecule has 0 bridgehead atoms. The Morgan fingerprint density at radius 1 is 1.21 bits per heavy atom. The van der Waals surface area contributed by atoms with Crippen molar-refractivity contribution >= 4 is 17.7 Å². The number of hydrogen-bond acceptors (Lipinski definition) is 7. The van der Waals surface area contributed by atoms with Gasteiger partial charge < -0.3 is 19.5 Å². The van der Waals surface area contributed by atoms with Gasteiger partial charge in [-0.3, -0.25) is 14.4 Å². The SMILES string of the molecule is CC(C)[C@](C)(C#N)NC(=O)COC(=O)CCC(=O)c1ccc2c(c1)OCCCO2. The molecule has 29 heavy (non-hydrogen) atoms. The third-order valence-corrected chi connectivity index (χ3v) is 4.78. The van der Waals surface area contributed by atoms with Gasteiger partial charge in [-0.05, 0) is 31.0 Å². The lowest BCUT2D eigenvalue weighted by Gasteiger charge is -2.27. The predicted molar refractivity (Wildman–Crippen MR) is 104 cm³/mol. The molecular formula is C21H26N2O6. The molecule has 0 saturated carbocycles. The van der Waals surface area contributed by atoms with Crippen LogP contribution in [0.1, 0.15) is 50.4 Å². The first kappa shape index (κ1) is 22.2. The molecule has 1 amide bonds. The Hall–Kier alpha value is -3.08. The molecule has 0 aliphatic carbocycles. The fourth-order valence-electron chi connectivity index (χ4n) is 2.54. The molecule has 1 N–H and O–H groups in total. The molecule has 1 aliphatic rings. The van der Waals surface area contributed by atoms with Gasteiger partial charge in [0.25, 0.3) is 5.91 Å². The quantitative estimate of drug-likeness (QED) is 0.524. The van der Waals surface area contributed by atoms with E-state index in [1.165, 1.54) is 0 Å². The topological polar surface area (TPSA) is 115 Å². The number of esters is 1. The van der Waals surface area contributed by atoms with Crippen molar-refractivity contribution in [2.45, 2.75) is 45.6 Å². The zero-order valence-corrected chi connectivity index (χ0v) is 16.9. The molecule has 0 aromatic heterocycles. The summed E-state index contributed by atoms with van der Waals surface area (Å²) in [6.45, 7) is 5.79. The highest BCUT2D eigenvalue weighted by atomic mass is 16.5. The van der Waals surface area contributed by atoms with Crippen LogP contribution in [0.15, 0.2) is 18.2 Å². The summed E-state index contributed by atoms with van der Waals surface area (Å²) in [5.41, 5.74) is -0.627. The van der Waals surface area contributed by atoms with E-state index >= 15 is 0 Å². The van der Waals surface area contributed by atoms with Crippen LogP contribution in [-0.4, -0.2) is 43.0 Å². The maximum Gasteiger partial charge on any atom is 0.306 e. The van der Waals surface area contributed by atoms with E-state index < -0.39 is 24.0 Å². The highest BCUT2D eigenvalue weighted by Crippen LogP contribution is 2.30. The highest BCUT2D eigenvalue weighted by molar-refractivity contribution is 5.98. The van der Waals surface area contributed by atoms with Crippen LogP contribution in [0.4, 0.5) is 0 Å². The molecule has 0 radical (unpaired) electrons. The summed E-state index contributed by atoms with van der Waals surface area (Å²) in [6, 6.07) is 6.96. The van der Waals surface area contributed by atoms with Gasteiger partial charge in [0, 0.05) is 18.4 Å². The fourth-order valence-corrected chi connectivity index (χ4v) is 2.54. The van der Waals surface area contributed by atoms with Crippen molar-refractivity contribution in [3.8, 4) is 17.6 Å². The van der Waals surface area contributed by atoms with Crippen LogP contribution in [0.3, 0.4) is 0 Å². The van der Waals surface area contributed by atoms with E-state index in [2.05, 4.69) is 5.32 Å². The van der Waals surface area contributed by atoms with Crippen molar-refractivity contribution in [3.63, 3.8) is 0 Å². The summed E-state index contributed by atoms with van der Waals surface area (Å²) < 4.78 is 16.0. The van der Waals surface area contributed by atoms with Crippen molar-refractivity contribution in [1.82, 2.24) is 5.32 Å². The average molecular weight is 402 g/mol. The summed E-state index contributed by atoms with van der Waals surface area (Å²) in [5.74, 6) is -0.469. The Kier molecular flexibility index (Phi) is 7.59. The minimum atomic E-state index is -1.05. The summed E-state index contributed by atoms with van der Waals surface area (Å²) >= 11 is 0. The monoisotopic (exact) mass is 402 g/mol. The molecule has 8 heteroatoms. The van der Waals surface area contributed by atoms with E-state index in [9.17, 15) is 19.6 Å². The Bertz CT molecular complexity index is 814. The number of carbonyl (C=O) groups excluding carboxylic acids is 3. The standard InChI is InChI=1S/C21H26N2O6/c1-14(2)21(3,13-22)23-19(25)12-29-20(26)8-6-16(24)15-5-7-17-18(11-15)28-10-4-9-27-17/h5,7,11,14H,4,6,8-10,12H2,1-3H3,(H,23,25)/t21-/m0/s1. The lowest BCUT2D eigenvalue weighted by atomic mass is 9.90. The van der Waals surface area contributed by atoms with Gasteiger partial charge in [0.1, 0.15) is 5.54 Å². The molecule has 0 unspecified atom stereocenters. The van der Waals surface area contributed by atoms with Gasteiger partial charge in [0.15, 0.2) is 23.9 Å². The number of carbonyl (C=O) groups is 3. The van der Waals surface area contributed by atoms with Crippen LogP contribution in [0.2, 0.25) is 0 Å². The molecule has 8 nitrogen and oxygen atoms in total. The second-order valence-electron chi connectivity index (χ2n) is 7.31. The Morgan fingerprint density at radius 3 is 2.55 bits per heavy atom. The van der Waals surface area contributed by atoms with Gasteiger partial charge in [0.2, 0.25) is 0 Å². The van der Waals surface area contributed by atoms with Crippen LogP contribution in [-0.2, 0) is 14.3 Å². The number of hydrogen-bond donors (Lipinski definition) is 1. The summed E-state index contributed by atoms with van der Waals surface area (Å²) in [4.78, 5) is 36.1. The molecule has 156 valence electrons. The number of Topliss-reactive ketones (excluding diaryl/α,β-unsaturated/α-hetero) is 1. The third kappa shape index (κ3) is 6.21. The summed E-state index contributed by atoms with van der Waals surface area (Å²) in [6.07, 6.45) is 0.560. The number of nitriles is 1. The smallest absolute Gasteiger partial charge is 0.306 e. The third-order valence-electron chi connectivity index (χ3n) is 4.78. The number of rotatable bonds is 8. The molecule has 0 fully saturated rings. The maximum atomic E-state index is 12.3. The number of benzene rings is 1. The number of ether oxygens (including phenoxy) is 3. The van der Waals surface area contributed by atoms with Gasteiger partial charge in [-0.1, -0.05) is 13.8 Å². The molecule has 0 spiro atoms. The van der Waals surface area contributed by atoms with Gasteiger partial charge in [-0.15, -0.1) is 0 Å². The van der Waals surface area contributed by atoms with Crippen molar-refractivity contribution < 1.29 is 28.6 Å². The van der Waals surface area contributed by atoms with Crippen LogP contribution < -0.4 is 14.8 Å². The molecule has 2 rings (SSSR count). The molecular weight excluding hydrogens is 376 g/mol. The van der Waals surface area contributed by atoms with Gasteiger partial charge in [-0.2, -0.15) is 5.26 Å². The first-order valence-corrected chi connectivity index (χ1v) is 9.56. The largest absolute Gasteiger partial charge is 0.490 e. The molecule has 1 aliphatic heterocycles. The Balaban J connectivity index is 1.80. The minimum absolute atomic E-state index is 0.0536. The number of amides is 1. The van der Waals surface area contributed by atoms with E-state index in [1.807, 2.05) is 6.07 Å². The predicted octanol–water partition coefficient (Wildman–Crippen LogP) is 2.41. The second kappa shape index (κ2) is 9.92. The Morgan fingerprint density at radius 2 is 1.90 bits per heavy atom. The first-order valence-electron chi connectivity index (χ1n) is 9.56. The molecule has 1 aromatic carbocycles. The molecule has 1 heterocycles. The Labute approximate surface area is 170 Å². The average Bonchev–Trinajstić information content (AvgIpc) is 2.94. The molecule has 0 saturated heterocycles. The highest BCUT2D eigenvalue weighted by Gasteiger charge is 2.30. The number of ketones is 1. The van der Waals surface area contributed by atoms with E-state index in [-0.39, 0.29) is 24.5 Å². The van der Waals surface area contributed by atoms with E-state index in [1.54, 1.807) is 39.0 Å². The lowest BCUT2D eigenvalue weighted by molar-refractivity contribution is -0.148. The van der Waals surface area contributed by atoms with Crippen molar-refractivity contribution in [2.24, 2.45) is 5.92 Å². The van der Waals surface area contributed by atoms with Crippen LogP contribution >= 0.6 is 0 Å². The number of fused-ring (bicyclic) bond motifs is 1. The molecule has 1 atom stereocenters. The van der Waals surface area contributed by atoms with Crippen LogP contribution in [0.25, 0.3) is 0 Å². The molecule has 1 aromatic rings. The van der Waals surface area contributed by atoms with Gasteiger partial charge in [-0.25, -0.2) is 0 Å². The van der Waals surface area contributed by atoms with Crippen molar-refractivity contribution in [2.75, 3.05) is 19.8 Å². The fraction of sp³-hybridized carbons (Fsp3) is 0.524. The first-order chi connectivity index (χ1) is 13.7. The minimum Gasteiger partial charge on any atom is -0.490 e. The van der Waals surface area contributed by atoms with E-state index in [0.29, 0.717) is 30.3 Å². The second-order valence-corrected chi connectivity index (χ2v) is 7.31. The normalized spacial score (nSPS) is 14.9. The number of nitrogens with one attached hydrogen (secondary N) is 1. The van der Waals surface area contributed by atoms with Crippen LogP contribution in [0.5, 0.6) is 11.5 Å². The number of nitrogens with zero attached hydrogens (tertiary/aromatic N) is 1. The van der Waals surface area contributed by atoms with E-state index in [0.717, 1.165) is 6.42 Å². The summed E-state index contributed by atoms with van der Waals surface area (Å²) in [5, 5.41) is 11.8. The van der Waals surface area contributed by atoms with E-state index in [4.69, 9.17) is 14.2 Å². The van der Waals surface area contributed by atoms with Crippen molar-refractivity contribution in [1.29, 1.82) is 5.26 Å². The zero-order valence-electron chi connectivity index (χ0n) is 16.9.